The SMILES string of the molecule is CN(Cc1ccc(O)cc1)C(=O)c1ccn(C)n1. The lowest BCUT2D eigenvalue weighted by molar-refractivity contribution is 0.0778. The number of aromatic hydroxyl groups is 1. The van der Waals surface area contributed by atoms with Gasteiger partial charge in [0.1, 0.15) is 11.4 Å². The van der Waals surface area contributed by atoms with Gasteiger partial charge in [0.25, 0.3) is 5.91 Å². The molecule has 0 aliphatic heterocycles. The van der Waals surface area contributed by atoms with Crippen LogP contribution in [0.2, 0.25) is 0 Å². The summed E-state index contributed by atoms with van der Waals surface area (Å²) >= 11 is 0. The van der Waals surface area contributed by atoms with Crippen LogP contribution in [0.25, 0.3) is 0 Å². The molecule has 1 aromatic carbocycles. The van der Waals surface area contributed by atoms with E-state index in [1.54, 1.807) is 60.2 Å². The van der Waals surface area contributed by atoms with Crippen LogP contribution in [0.15, 0.2) is 36.5 Å². The van der Waals surface area contributed by atoms with E-state index in [1.165, 1.54) is 0 Å². The molecule has 0 aliphatic carbocycles. The lowest BCUT2D eigenvalue weighted by atomic mass is 10.2. The van der Waals surface area contributed by atoms with Gasteiger partial charge in [0.2, 0.25) is 0 Å². The molecule has 1 heterocycles. The Morgan fingerprint density at radius 2 is 2.00 bits per heavy atom. The predicted octanol–water partition coefficient (Wildman–Crippen LogP) is 1.40. The van der Waals surface area contributed by atoms with E-state index < -0.39 is 0 Å². The summed E-state index contributed by atoms with van der Waals surface area (Å²) < 4.78 is 1.60. The zero-order valence-electron chi connectivity index (χ0n) is 10.4. The molecule has 18 heavy (non-hydrogen) atoms. The third-order valence-electron chi connectivity index (χ3n) is 2.64. The molecule has 0 radical (unpaired) electrons. The number of rotatable bonds is 3. The van der Waals surface area contributed by atoms with Crippen LogP contribution in [0.5, 0.6) is 5.75 Å². The van der Waals surface area contributed by atoms with E-state index in [4.69, 9.17) is 0 Å². The average Bonchev–Trinajstić information content (AvgIpc) is 2.78. The summed E-state index contributed by atoms with van der Waals surface area (Å²) in [5.41, 5.74) is 1.39. The third kappa shape index (κ3) is 2.68. The van der Waals surface area contributed by atoms with Gasteiger partial charge in [-0.05, 0) is 23.8 Å². The number of carbonyl (C=O) groups is 1. The van der Waals surface area contributed by atoms with Crippen LogP contribution in [-0.2, 0) is 13.6 Å². The second-order valence-corrected chi connectivity index (χ2v) is 4.20. The lowest BCUT2D eigenvalue weighted by Gasteiger charge is -2.15. The lowest BCUT2D eigenvalue weighted by Crippen LogP contribution is -2.26. The van der Waals surface area contributed by atoms with Gasteiger partial charge in [-0.2, -0.15) is 5.10 Å². The Hall–Kier alpha value is -2.30. The van der Waals surface area contributed by atoms with Gasteiger partial charge in [-0.15, -0.1) is 0 Å². The zero-order valence-corrected chi connectivity index (χ0v) is 10.4. The first-order valence-corrected chi connectivity index (χ1v) is 5.59. The molecule has 1 amide bonds. The highest BCUT2D eigenvalue weighted by molar-refractivity contribution is 5.91. The van der Waals surface area contributed by atoms with Crippen LogP contribution in [0.3, 0.4) is 0 Å². The first kappa shape index (κ1) is 12.2. The summed E-state index contributed by atoms with van der Waals surface area (Å²) in [5.74, 6) is 0.0983. The van der Waals surface area contributed by atoms with E-state index in [2.05, 4.69) is 5.10 Å². The van der Waals surface area contributed by atoms with Gasteiger partial charge in [-0.1, -0.05) is 12.1 Å². The van der Waals surface area contributed by atoms with Crippen molar-refractivity contribution in [1.82, 2.24) is 14.7 Å². The Morgan fingerprint density at radius 1 is 1.33 bits per heavy atom. The standard InChI is InChI=1S/C13H15N3O2/c1-15(9-10-3-5-11(17)6-4-10)13(18)12-7-8-16(2)14-12/h3-8,17H,9H2,1-2H3. The van der Waals surface area contributed by atoms with Crippen LogP contribution < -0.4 is 0 Å². The molecule has 0 saturated heterocycles. The second-order valence-electron chi connectivity index (χ2n) is 4.20. The molecule has 0 spiro atoms. The largest absolute Gasteiger partial charge is 0.508 e. The number of benzene rings is 1. The first-order chi connectivity index (χ1) is 8.56. The summed E-state index contributed by atoms with van der Waals surface area (Å²) in [6.07, 6.45) is 1.74. The number of aromatic nitrogens is 2. The fourth-order valence-electron chi connectivity index (χ4n) is 1.67. The number of nitrogens with zero attached hydrogens (tertiary/aromatic N) is 3. The smallest absolute Gasteiger partial charge is 0.274 e. The Bertz CT molecular complexity index is 546. The highest BCUT2D eigenvalue weighted by Gasteiger charge is 2.14. The van der Waals surface area contributed by atoms with Crippen molar-refractivity contribution in [2.75, 3.05) is 7.05 Å². The second kappa shape index (κ2) is 4.91. The van der Waals surface area contributed by atoms with Crippen molar-refractivity contribution in [3.63, 3.8) is 0 Å². The van der Waals surface area contributed by atoms with Crippen molar-refractivity contribution in [1.29, 1.82) is 0 Å². The monoisotopic (exact) mass is 245 g/mol. The predicted molar refractivity (Wildman–Crippen MR) is 67.1 cm³/mol. The molecule has 2 rings (SSSR count). The summed E-state index contributed by atoms with van der Waals surface area (Å²) in [5, 5.41) is 13.3. The molecule has 1 N–H and O–H groups in total. The molecule has 0 atom stereocenters. The molecule has 5 heteroatoms. The fourth-order valence-corrected chi connectivity index (χ4v) is 1.67. The van der Waals surface area contributed by atoms with Gasteiger partial charge < -0.3 is 10.0 Å². The molecule has 0 fully saturated rings. The highest BCUT2D eigenvalue weighted by atomic mass is 16.3. The van der Waals surface area contributed by atoms with E-state index in [9.17, 15) is 9.90 Å². The maximum absolute atomic E-state index is 12.0. The molecule has 2 aromatic rings. The number of carbonyl (C=O) groups excluding carboxylic acids is 1. The molecule has 94 valence electrons. The highest BCUT2D eigenvalue weighted by Crippen LogP contribution is 2.12. The number of amides is 1. The molecule has 0 unspecified atom stereocenters. The van der Waals surface area contributed by atoms with Crippen molar-refractivity contribution in [2.24, 2.45) is 7.05 Å². The van der Waals surface area contributed by atoms with Crippen molar-refractivity contribution in [2.45, 2.75) is 6.54 Å². The third-order valence-corrected chi connectivity index (χ3v) is 2.64. The Balaban J connectivity index is 2.05. The van der Waals surface area contributed by atoms with Gasteiger partial charge in [0.15, 0.2) is 0 Å². The zero-order chi connectivity index (χ0) is 13.1. The fraction of sp³-hybridized carbons (Fsp3) is 0.231. The minimum Gasteiger partial charge on any atom is -0.508 e. The summed E-state index contributed by atoms with van der Waals surface area (Å²) in [7, 11) is 3.50. The van der Waals surface area contributed by atoms with Crippen LogP contribution in [0, 0.1) is 0 Å². The quantitative estimate of drug-likeness (QED) is 0.889. The molecule has 0 saturated carbocycles. The van der Waals surface area contributed by atoms with E-state index in [1.807, 2.05) is 0 Å². The Morgan fingerprint density at radius 3 is 2.56 bits per heavy atom. The van der Waals surface area contributed by atoms with Crippen molar-refractivity contribution in [3.8, 4) is 5.75 Å². The summed E-state index contributed by atoms with van der Waals surface area (Å²) in [6, 6.07) is 8.48. The van der Waals surface area contributed by atoms with Crippen LogP contribution in [-0.4, -0.2) is 32.7 Å². The minimum atomic E-state index is -0.122. The van der Waals surface area contributed by atoms with Gasteiger partial charge in [-0.25, -0.2) is 0 Å². The summed E-state index contributed by atoms with van der Waals surface area (Å²) in [4.78, 5) is 13.6. The molecule has 0 bridgehead atoms. The Kier molecular flexibility index (Phi) is 3.32. The van der Waals surface area contributed by atoms with E-state index in [0.29, 0.717) is 12.2 Å². The normalized spacial score (nSPS) is 10.3. The first-order valence-electron chi connectivity index (χ1n) is 5.59. The number of phenolic OH excluding ortho intramolecular Hbond substituents is 1. The number of hydrogen-bond acceptors (Lipinski definition) is 3. The molecule has 0 aliphatic rings. The summed E-state index contributed by atoms with van der Waals surface area (Å²) in [6.45, 7) is 0.482. The number of phenols is 1. The molecule has 5 nitrogen and oxygen atoms in total. The molecule has 1 aromatic heterocycles. The van der Waals surface area contributed by atoms with Crippen LogP contribution in [0.1, 0.15) is 16.1 Å². The maximum Gasteiger partial charge on any atom is 0.274 e. The van der Waals surface area contributed by atoms with E-state index in [0.717, 1.165) is 5.56 Å². The maximum atomic E-state index is 12.0. The van der Waals surface area contributed by atoms with Crippen LogP contribution in [0.4, 0.5) is 0 Å². The van der Waals surface area contributed by atoms with Crippen LogP contribution >= 0.6 is 0 Å². The number of hydrogen-bond donors (Lipinski definition) is 1. The Labute approximate surface area is 105 Å². The van der Waals surface area contributed by atoms with E-state index in [-0.39, 0.29) is 11.7 Å². The van der Waals surface area contributed by atoms with Gasteiger partial charge in [0.05, 0.1) is 0 Å². The average molecular weight is 245 g/mol. The minimum absolute atomic E-state index is 0.122. The van der Waals surface area contributed by atoms with Crippen molar-refractivity contribution >= 4 is 5.91 Å². The topological polar surface area (TPSA) is 58.4 Å². The van der Waals surface area contributed by atoms with Gasteiger partial charge in [-0.3, -0.25) is 9.48 Å². The van der Waals surface area contributed by atoms with Crippen molar-refractivity contribution < 1.29 is 9.90 Å². The number of aryl methyl sites for hydroxylation is 1. The van der Waals surface area contributed by atoms with Crippen molar-refractivity contribution in [3.05, 3.63) is 47.8 Å². The van der Waals surface area contributed by atoms with Gasteiger partial charge in [0, 0.05) is 26.8 Å². The van der Waals surface area contributed by atoms with E-state index >= 15 is 0 Å². The molecular weight excluding hydrogens is 230 g/mol. The molecular formula is C13H15N3O2. The van der Waals surface area contributed by atoms with Gasteiger partial charge >= 0.3 is 0 Å².